The minimum Gasteiger partial charge on any atom is -0.341 e. The number of hydrogen-bond acceptors (Lipinski definition) is 5. The molecule has 134 valence electrons. The van der Waals surface area contributed by atoms with Gasteiger partial charge in [-0.2, -0.15) is 5.10 Å². The van der Waals surface area contributed by atoms with Crippen molar-refractivity contribution in [3.8, 4) is 11.4 Å². The quantitative estimate of drug-likeness (QED) is 0.539. The third-order valence-electron chi connectivity index (χ3n) is 4.10. The summed E-state index contributed by atoms with van der Waals surface area (Å²) in [5.41, 5.74) is 1.98. The SMILES string of the molecule is O=C(N[C@H](Cc1ccccc1)c1nc(-c2ccncc2)n[nH]1)c1cccs1. The molecule has 1 atom stereocenters. The van der Waals surface area contributed by atoms with Crippen LogP contribution in [0.5, 0.6) is 0 Å². The van der Waals surface area contributed by atoms with Crippen LogP contribution in [0.25, 0.3) is 11.4 Å². The molecular formula is C20H17N5OS. The van der Waals surface area contributed by atoms with Crippen LogP contribution in [0.3, 0.4) is 0 Å². The molecule has 2 N–H and O–H groups in total. The van der Waals surface area contributed by atoms with Gasteiger partial charge in [-0.05, 0) is 35.6 Å². The maximum Gasteiger partial charge on any atom is 0.261 e. The largest absolute Gasteiger partial charge is 0.341 e. The molecule has 4 aromatic rings. The topological polar surface area (TPSA) is 83.6 Å². The molecule has 0 bridgehead atoms. The van der Waals surface area contributed by atoms with Gasteiger partial charge in [0.1, 0.15) is 5.82 Å². The standard InChI is InChI=1S/C20H17N5OS/c26-20(17-7-4-12-27-17)22-16(13-14-5-2-1-3-6-14)19-23-18(24-25-19)15-8-10-21-11-9-15/h1-12,16H,13H2,(H,22,26)(H,23,24,25)/t16-/m1/s1. The molecule has 0 unspecified atom stereocenters. The highest BCUT2D eigenvalue weighted by Crippen LogP contribution is 2.20. The van der Waals surface area contributed by atoms with E-state index in [9.17, 15) is 4.79 Å². The summed E-state index contributed by atoms with van der Waals surface area (Å²) in [6.07, 6.45) is 4.01. The van der Waals surface area contributed by atoms with Crippen LogP contribution in [0.15, 0.2) is 72.4 Å². The van der Waals surface area contributed by atoms with E-state index in [1.165, 1.54) is 11.3 Å². The van der Waals surface area contributed by atoms with Crippen molar-refractivity contribution in [3.05, 3.63) is 88.6 Å². The Labute approximate surface area is 160 Å². The molecule has 0 spiro atoms. The maximum absolute atomic E-state index is 12.6. The van der Waals surface area contributed by atoms with Crippen molar-refractivity contribution in [1.82, 2.24) is 25.5 Å². The van der Waals surface area contributed by atoms with E-state index in [0.717, 1.165) is 11.1 Å². The number of aromatic amines is 1. The molecule has 0 aliphatic rings. The summed E-state index contributed by atoms with van der Waals surface area (Å²) in [4.78, 5) is 21.9. The molecular weight excluding hydrogens is 358 g/mol. The third kappa shape index (κ3) is 4.09. The van der Waals surface area contributed by atoms with Gasteiger partial charge in [0.25, 0.3) is 5.91 Å². The lowest BCUT2D eigenvalue weighted by molar-refractivity contribution is 0.0939. The summed E-state index contributed by atoms with van der Waals surface area (Å²) in [5, 5.41) is 12.2. The number of rotatable bonds is 6. The van der Waals surface area contributed by atoms with E-state index in [0.29, 0.717) is 22.9 Å². The molecule has 0 aliphatic carbocycles. The molecule has 3 heterocycles. The minimum absolute atomic E-state index is 0.118. The zero-order chi connectivity index (χ0) is 18.5. The number of pyridine rings is 1. The number of aromatic nitrogens is 4. The van der Waals surface area contributed by atoms with E-state index in [-0.39, 0.29) is 11.9 Å². The molecule has 0 radical (unpaired) electrons. The summed E-state index contributed by atoms with van der Waals surface area (Å²) in [6.45, 7) is 0. The molecule has 3 aromatic heterocycles. The van der Waals surface area contributed by atoms with E-state index in [4.69, 9.17) is 0 Å². The predicted octanol–water partition coefficient (Wildman–Crippen LogP) is 3.64. The number of nitrogens with zero attached hydrogens (tertiary/aromatic N) is 3. The molecule has 0 saturated carbocycles. The first-order valence-electron chi connectivity index (χ1n) is 8.50. The molecule has 7 heteroatoms. The third-order valence-corrected chi connectivity index (χ3v) is 4.97. The average Bonchev–Trinajstić information content (AvgIpc) is 3.41. The highest BCUT2D eigenvalue weighted by molar-refractivity contribution is 7.12. The molecule has 0 aliphatic heterocycles. The fourth-order valence-corrected chi connectivity index (χ4v) is 3.39. The fraction of sp³-hybridized carbons (Fsp3) is 0.100. The van der Waals surface area contributed by atoms with Crippen LogP contribution in [-0.2, 0) is 6.42 Å². The second kappa shape index (κ2) is 7.92. The Kier molecular flexibility index (Phi) is 5.02. The van der Waals surface area contributed by atoms with Crippen LogP contribution >= 0.6 is 11.3 Å². The molecule has 6 nitrogen and oxygen atoms in total. The Balaban J connectivity index is 1.61. The van der Waals surface area contributed by atoms with E-state index in [1.54, 1.807) is 12.4 Å². The van der Waals surface area contributed by atoms with Crippen LogP contribution in [0.4, 0.5) is 0 Å². The van der Waals surface area contributed by atoms with Gasteiger partial charge < -0.3 is 5.32 Å². The monoisotopic (exact) mass is 375 g/mol. The molecule has 0 fully saturated rings. The lowest BCUT2D eigenvalue weighted by Gasteiger charge is -2.16. The van der Waals surface area contributed by atoms with E-state index >= 15 is 0 Å². The molecule has 1 amide bonds. The first-order chi connectivity index (χ1) is 13.3. The van der Waals surface area contributed by atoms with Gasteiger partial charge in [-0.25, -0.2) is 4.98 Å². The number of H-pyrrole nitrogens is 1. The Morgan fingerprint density at radius 3 is 2.63 bits per heavy atom. The van der Waals surface area contributed by atoms with Gasteiger partial charge in [0.2, 0.25) is 0 Å². The van der Waals surface area contributed by atoms with Gasteiger partial charge in [0, 0.05) is 18.0 Å². The van der Waals surface area contributed by atoms with Crippen molar-refractivity contribution in [2.24, 2.45) is 0 Å². The number of carbonyl (C=O) groups excluding carboxylic acids is 1. The summed E-state index contributed by atoms with van der Waals surface area (Å²) in [6, 6.07) is 17.1. The Morgan fingerprint density at radius 2 is 1.89 bits per heavy atom. The Morgan fingerprint density at radius 1 is 1.07 bits per heavy atom. The molecule has 27 heavy (non-hydrogen) atoms. The van der Waals surface area contributed by atoms with Crippen molar-refractivity contribution in [1.29, 1.82) is 0 Å². The van der Waals surface area contributed by atoms with Crippen molar-refractivity contribution in [2.75, 3.05) is 0 Å². The van der Waals surface area contributed by atoms with Crippen molar-refractivity contribution in [3.63, 3.8) is 0 Å². The minimum atomic E-state index is -0.315. The molecule has 4 rings (SSSR count). The van der Waals surface area contributed by atoms with Crippen LogP contribution in [0.1, 0.15) is 27.1 Å². The van der Waals surface area contributed by atoms with E-state index < -0.39 is 0 Å². The lowest BCUT2D eigenvalue weighted by atomic mass is 10.1. The molecule has 1 aromatic carbocycles. The van der Waals surface area contributed by atoms with Crippen LogP contribution < -0.4 is 5.32 Å². The Bertz CT molecular complexity index is 999. The zero-order valence-electron chi connectivity index (χ0n) is 14.4. The van der Waals surface area contributed by atoms with E-state index in [2.05, 4.69) is 25.5 Å². The zero-order valence-corrected chi connectivity index (χ0v) is 15.2. The van der Waals surface area contributed by atoms with Crippen molar-refractivity contribution in [2.45, 2.75) is 12.5 Å². The number of nitrogens with one attached hydrogen (secondary N) is 2. The Hall–Kier alpha value is -3.32. The summed E-state index contributed by atoms with van der Waals surface area (Å²) >= 11 is 1.41. The summed E-state index contributed by atoms with van der Waals surface area (Å²) < 4.78 is 0. The number of carbonyl (C=O) groups is 1. The van der Waals surface area contributed by atoms with Gasteiger partial charge in [-0.3, -0.25) is 14.9 Å². The number of thiophene rings is 1. The smallest absolute Gasteiger partial charge is 0.261 e. The number of benzene rings is 1. The second-order valence-electron chi connectivity index (χ2n) is 5.97. The maximum atomic E-state index is 12.6. The number of hydrogen-bond donors (Lipinski definition) is 2. The highest BCUT2D eigenvalue weighted by Gasteiger charge is 2.21. The van der Waals surface area contributed by atoms with Gasteiger partial charge in [-0.1, -0.05) is 36.4 Å². The normalized spacial score (nSPS) is 11.9. The van der Waals surface area contributed by atoms with Gasteiger partial charge in [0.05, 0.1) is 10.9 Å². The first kappa shape index (κ1) is 17.1. The highest BCUT2D eigenvalue weighted by atomic mass is 32.1. The fourth-order valence-electron chi connectivity index (χ4n) is 2.76. The van der Waals surface area contributed by atoms with Crippen molar-refractivity contribution >= 4 is 17.2 Å². The van der Waals surface area contributed by atoms with Crippen LogP contribution in [0.2, 0.25) is 0 Å². The van der Waals surface area contributed by atoms with Gasteiger partial charge in [-0.15, -0.1) is 11.3 Å². The summed E-state index contributed by atoms with van der Waals surface area (Å²) in [7, 11) is 0. The van der Waals surface area contributed by atoms with Crippen LogP contribution in [0, 0.1) is 0 Å². The van der Waals surface area contributed by atoms with Gasteiger partial charge >= 0.3 is 0 Å². The molecule has 0 saturated heterocycles. The van der Waals surface area contributed by atoms with Crippen LogP contribution in [-0.4, -0.2) is 26.1 Å². The van der Waals surface area contributed by atoms with Gasteiger partial charge in [0.15, 0.2) is 5.82 Å². The first-order valence-corrected chi connectivity index (χ1v) is 9.38. The second-order valence-corrected chi connectivity index (χ2v) is 6.92. The summed E-state index contributed by atoms with van der Waals surface area (Å²) in [5.74, 6) is 1.08. The average molecular weight is 375 g/mol. The lowest BCUT2D eigenvalue weighted by Crippen LogP contribution is -2.30. The van der Waals surface area contributed by atoms with Crippen molar-refractivity contribution < 1.29 is 4.79 Å². The number of amides is 1. The van der Waals surface area contributed by atoms with E-state index in [1.807, 2.05) is 60.0 Å². The predicted molar refractivity (Wildman–Crippen MR) is 104 cm³/mol.